The van der Waals surface area contributed by atoms with Crippen molar-refractivity contribution < 1.29 is 17.9 Å². The Hall–Kier alpha value is -2.34. The van der Waals surface area contributed by atoms with E-state index in [0.717, 1.165) is 5.56 Å². The molecule has 0 radical (unpaired) electrons. The Morgan fingerprint density at radius 3 is 2.46 bits per heavy atom. The second kappa shape index (κ2) is 7.50. The molecule has 0 spiro atoms. The van der Waals surface area contributed by atoms with Crippen molar-refractivity contribution in [3.8, 4) is 5.75 Å². The van der Waals surface area contributed by atoms with E-state index in [9.17, 15) is 13.2 Å². The van der Waals surface area contributed by atoms with Crippen LogP contribution in [0.4, 0.5) is 0 Å². The van der Waals surface area contributed by atoms with Crippen LogP contribution < -0.4 is 4.74 Å². The molecule has 1 saturated heterocycles. The molecule has 0 bridgehead atoms. The Bertz CT molecular complexity index is 884. The van der Waals surface area contributed by atoms with Crippen molar-refractivity contribution in [1.82, 2.24) is 4.90 Å². The molecule has 1 amide bonds. The van der Waals surface area contributed by atoms with E-state index in [-0.39, 0.29) is 23.9 Å². The van der Waals surface area contributed by atoms with Gasteiger partial charge in [-0.05, 0) is 43.2 Å². The molecule has 1 aliphatic heterocycles. The first kappa shape index (κ1) is 18.5. The number of nitrogens with zero attached hydrogens (tertiary/aromatic N) is 1. The summed E-state index contributed by atoms with van der Waals surface area (Å²) in [5, 5.41) is -0.529. The van der Waals surface area contributed by atoms with Crippen molar-refractivity contribution in [3.63, 3.8) is 0 Å². The summed E-state index contributed by atoms with van der Waals surface area (Å²) in [5.74, 6) is 0.623. The molecule has 1 fully saturated rings. The van der Waals surface area contributed by atoms with Gasteiger partial charge in [0.25, 0.3) is 0 Å². The molecule has 3 rings (SSSR count). The fourth-order valence-electron chi connectivity index (χ4n) is 3.07. The zero-order valence-corrected chi connectivity index (χ0v) is 15.8. The van der Waals surface area contributed by atoms with E-state index in [2.05, 4.69) is 6.07 Å². The van der Waals surface area contributed by atoms with Crippen LogP contribution in [0, 0.1) is 6.92 Å². The predicted octanol–water partition coefficient (Wildman–Crippen LogP) is 2.62. The highest BCUT2D eigenvalue weighted by atomic mass is 32.2. The summed E-state index contributed by atoms with van der Waals surface area (Å²) in [6.07, 6.45) is 1.08. The molecule has 2 aromatic rings. The predicted molar refractivity (Wildman–Crippen MR) is 100 cm³/mol. The number of carbonyl (C=O) groups is 1. The first-order valence-corrected chi connectivity index (χ1v) is 10.2. The van der Waals surface area contributed by atoms with E-state index in [4.69, 9.17) is 4.74 Å². The summed E-state index contributed by atoms with van der Waals surface area (Å²) in [4.78, 5) is 14.2. The first-order valence-electron chi connectivity index (χ1n) is 8.61. The summed E-state index contributed by atoms with van der Waals surface area (Å²) < 4.78 is 30.3. The number of aryl methyl sites for hydroxylation is 2. The molecule has 0 aromatic heterocycles. The average Bonchev–Trinajstić information content (AvgIpc) is 2.58. The molecule has 1 aliphatic rings. The number of amides is 1. The van der Waals surface area contributed by atoms with E-state index in [1.807, 2.05) is 25.1 Å². The normalized spacial score (nSPS) is 14.8. The van der Waals surface area contributed by atoms with Gasteiger partial charge in [0.2, 0.25) is 5.91 Å². The molecule has 0 N–H and O–H groups in total. The van der Waals surface area contributed by atoms with Crippen molar-refractivity contribution >= 4 is 15.7 Å². The van der Waals surface area contributed by atoms with Gasteiger partial charge >= 0.3 is 0 Å². The molecule has 6 heteroatoms. The molecular formula is C20H23NO4S. The summed E-state index contributed by atoms with van der Waals surface area (Å²) in [6.45, 7) is 2.55. The second-order valence-electron chi connectivity index (χ2n) is 6.63. The third-order valence-electron chi connectivity index (χ3n) is 4.74. The third-order valence-corrected chi connectivity index (χ3v) is 6.84. The lowest BCUT2D eigenvalue weighted by atomic mass is 10.1. The van der Waals surface area contributed by atoms with Crippen LogP contribution in [0.2, 0.25) is 0 Å². The van der Waals surface area contributed by atoms with Crippen LogP contribution in [-0.2, 0) is 21.1 Å². The lowest BCUT2D eigenvalue weighted by Crippen LogP contribution is -2.56. The molecule has 138 valence electrons. The first-order chi connectivity index (χ1) is 12.4. The molecule has 26 heavy (non-hydrogen) atoms. The molecule has 0 unspecified atom stereocenters. The van der Waals surface area contributed by atoms with E-state index in [0.29, 0.717) is 18.6 Å². The van der Waals surface area contributed by atoms with E-state index >= 15 is 0 Å². The minimum Gasteiger partial charge on any atom is -0.497 e. The van der Waals surface area contributed by atoms with Crippen LogP contribution in [0.3, 0.4) is 0 Å². The van der Waals surface area contributed by atoms with Gasteiger partial charge in [-0.3, -0.25) is 4.79 Å². The number of hydrogen-bond donors (Lipinski definition) is 0. The van der Waals surface area contributed by atoms with Gasteiger partial charge in [-0.1, -0.05) is 29.8 Å². The topological polar surface area (TPSA) is 63.7 Å². The van der Waals surface area contributed by atoms with Gasteiger partial charge in [-0.2, -0.15) is 0 Å². The Morgan fingerprint density at radius 1 is 1.15 bits per heavy atom. The molecule has 0 saturated carbocycles. The fourth-order valence-corrected chi connectivity index (χ4v) is 4.73. The largest absolute Gasteiger partial charge is 0.497 e. The highest BCUT2D eigenvalue weighted by Gasteiger charge is 2.40. The lowest BCUT2D eigenvalue weighted by molar-refractivity contribution is -0.134. The quantitative estimate of drug-likeness (QED) is 0.781. The van der Waals surface area contributed by atoms with Crippen LogP contribution in [0.25, 0.3) is 0 Å². The number of likely N-dealkylation sites (tertiary alicyclic amines) is 1. The average molecular weight is 373 g/mol. The number of carbonyl (C=O) groups excluding carboxylic acids is 1. The zero-order valence-electron chi connectivity index (χ0n) is 15.0. The summed E-state index contributed by atoms with van der Waals surface area (Å²) >= 11 is 0. The van der Waals surface area contributed by atoms with Crippen molar-refractivity contribution in [2.45, 2.75) is 29.9 Å². The molecule has 2 aromatic carbocycles. The number of rotatable bonds is 6. The van der Waals surface area contributed by atoms with Gasteiger partial charge < -0.3 is 9.64 Å². The molecular weight excluding hydrogens is 350 g/mol. The molecule has 5 nitrogen and oxygen atoms in total. The highest BCUT2D eigenvalue weighted by Crippen LogP contribution is 2.26. The standard InChI is InChI=1S/C20H23NO4S/c1-15-4-3-5-16(12-15)6-11-20(22)21-13-19(14-21)26(23,24)18-9-7-17(25-2)8-10-18/h3-5,7-10,12,19H,6,11,13-14H2,1-2H3. The van der Waals surface area contributed by atoms with Crippen LogP contribution in [0.15, 0.2) is 53.4 Å². The molecule has 0 aliphatic carbocycles. The Balaban J connectivity index is 1.54. The van der Waals surface area contributed by atoms with Gasteiger partial charge in [0.15, 0.2) is 9.84 Å². The van der Waals surface area contributed by atoms with Gasteiger partial charge in [-0.25, -0.2) is 8.42 Å². The maximum atomic E-state index is 12.6. The van der Waals surface area contributed by atoms with Crippen LogP contribution in [0.5, 0.6) is 5.75 Å². The van der Waals surface area contributed by atoms with Gasteiger partial charge in [0, 0.05) is 19.5 Å². The molecule has 0 atom stereocenters. The van der Waals surface area contributed by atoms with E-state index in [1.165, 1.54) is 12.7 Å². The fraction of sp³-hybridized carbons (Fsp3) is 0.350. The van der Waals surface area contributed by atoms with Crippen molar-refractivity contribution in [3.05, 3.63) is 59.7 Å². The Morgan fingerprint density at radius 2 is 1.85 bits per heavy atom. The highest BCUT2D eigenvalue weighted by molar-refractivity contribution is 7.92. The SMILES string of the molecule is COc1ccc(S(=O)(=O)C2CN(C(=O)CCc3cccc(C)c3)C2)cc1. The number of sulfone groups is 1. The van der Waals surface area contributed by atoms with Crippen molar-refractivity contribution in [1.29, 1.82) is 0 Å². The van der Waals surface area contributed by atoms with Crippen LogP contribution in [-0.4, -0.2) is 44.7 Å². The summed E-state index contributed by atoms with van der Waals surface area (Å²) in [5.41, 5.74) is 2.30. The Kier molecular flexibility index (Phi) is 5.32. The van der Waals surface area contributed by atoms with E-state index in [1.54, 1.807) is 29.2 Å². The summed E-state index contributed by atoms with van der Waals surface area (Å²) in [7, 11) is -1.88. The van der Waals surface area contributed by atoms with Gasteiger partial charge in [0.05, 0.1) is 12.0 Å². The smallest absolute Gasteiger partial charge is 0.222 e. The van der Waals surface area contributed by atoms with Crippen molar-refractivity contribution in [2.24, 2.45) is 0 Å². The van der Waals surface area contributed by atoms with Crippen molar-refractivity contribution in [2.75, 3.05) is 20.2 Å². The Labute approximate surface area is 154 Å². The van der Waals surface area contributed by atoms with Crippen LogP contribution >= 0.6 is 0 Å². The summed E-state index contributed by atoms with van der Waals surface area (Å²) in [6, 6.07) is 14.5. The van der Waals surface area contributed by atoms with E-state index < -0.39 is 15.1 Å². The number of hydrogen-bond acceptors (Lipinski definition) is 4. The minimum absolute atomic E-state index is 0.00712. The maximum Gasteiger partial charge on any atom is 0.222 e. The maximum absolute atomic E-state index is 12.6. The van der Waals surface area contributed by atoms with Crippen LogP contribution in [0.1, 0.15) is 17.5 Å². The molecule has 1 heterocycles. The van der Waals surface area contributed by atoms with Gasteiger partial charge in [0.1, 0.15) is 11.0 Å². The number of benzene rings is 2. The number of ether oxygens (including phenoxy) is 1. The second-order valence-corrected chi connectivity index (χ2v) is 8.86. The minimum atomic E-state index is -3.42. The van der Waals surface area contributed by atoms with Gasteiger partial charge in [-0.15, -0.1) is 0 Å². The third kappa shape index (κ3) is 3.90. The lowest BCUT2D eigenvalue weighted by Gasteiger charge is -2.38. The monoisotopic (exact) mass is 373 g/mol. The number of methoxy groups -OCH3 is 1. The zero-order chi connectivity index (χ0) is 18.7.